The van der Waals surface area contributed by atoms with E-state index in [0.29, 0.717) is 29.2 Å². The summed E-state index contributed by atoms with van der Waals surface area (Å²) in [6.07, 6.45) is -6.94. The summed E-state index contributed by atoms with van der Waals surface area (Å²) in [5, 5.41) is 3.21. The number of aromatic nitrogens is 4. The molecule has 0 amide bonds. The molecule has 248 valence electrons. The molecule has 4 N–H and O–H groups in total. The van der Waals surface area contributed by atoms with Crippen molar-refractivity contribution < 1.29 is 60.0 Å². The molecule has 22 heteroatoms. The van der Waals surface area contributed by atoms with E-state index in [4.69, 9.17) is 28.5 Å². The zero-order chi connectivity index (χ0) is 32.4. The molecule has 2 aliphatic rings. The van der Waals surface area contributed by atoms with Crippen LogP contribution in [-0.2, 0) is 32.2 Å². The van der Waals surface area contributed by atoms with Crippen molar-refractivity contribution in [2.75, 3.05) is 36.2 Å². The SMILES string of the molecule is CSCCNc1nc(SCCC(F)(F)F)nc2c1ncn2C1OC(COP(=O)(O)OP(=O)(O)O)C2OC(c3ccccc3)OC21. The lowest BCUT2D eigenvalue weighted by atomic mass is 10.1. The summed E-state index contributed by atoms with van der Waals surface area (Å²) < 4.78 is 90.4. The summed E-state index contributed by atoms with van der Waals surface area (Å²) in [4.78, 5) is 41.0. The zero-order valence-electron chi connectivity index (χ0n) is 23.2. The fourth-order valence-corrected chi connectivity index (χ4v) is 7.31. The van der Waals surface area contributed by atoms with E-state index in [-0.39, 0.29) is 16.6 Å². The number of fused-ring (bicyclic) bond motifs is 2. The van der Waals surface area contributed by atoms with Gasteiger partial charge >= 0.3 is 21.8 Å². The van der Waals surface area contributed by atoms with Gasteiger partial charge in [-0.15, -0.1) is 0 Å². The van der Waals surface area contributed by atoms with Crippen LogP contribution in [-0.4, -0.2) is 89.6 Å². The van der Waals surface area contributed by atoms with Crippen molar-refractivity contribution in [1.29, 1.82) is 0 Å². The lowest BCUT2D eigenvalue weighted by Gasteiger charge is -2.22. The summed E-state index contributed by atoms with van der Waals surface area (Å²) in [5.41, 5.74) is 1.18. The van der Waals surface area contributed by atoms with Gasteiger partial charge < -0.3 is 34.2 Å². The third-order valence-electron chi connectivity index (χ3n) is 6.42. The van der Waals surface area contributed by atoms with Crippen LogP contribution in [0.3, 0.4) is 0 Å². The van der Waals surface area contributed by atoms with Gasteiger partial charge in [0.1, 0.15) is 18.3 Å². The zero-order valence-corrected chi connectivity index (χ0v) is 26.6. The molecule has 0 aliphatic carbocycles. The Balaban J connectivity index is 1.46. The monoisotopic (exact) mass is 717 g/mol. The fraction of sp³-hybridized carbons (Fsp3) is 0.522. The minimum absolute atomic E-state index is 0.0659. The van der Waals surface area contributed by atoms with Gasteiger partial charge in [-0.05, 0) is 6.26 Å². The average Bonchev–Trinajstić information content (AvgIpc) is 3.65. The second-order valence-electron chi connectivity index (χ2n) is 9.66. The predicted octanol–water partition coefficient (Wildman–Crippen LogP) is 4.25. The Morgan fingerprint density at radius 2 is 1.80 bits per heavy atom. The van der Waals surface area contributed by atoms with Gasteiger partial charge in [0.25, 0.3) is 0 Å². The fourth-order valence-electron chi connectivity index (χ4n) is 4.59. The van der Waals surface area contributed by atoms with Crippen molar-refractivity contribution in [3.8, 4) is 0 Å². The molecule has 45 heavy (non-hydrogen) atoms. The van der Waals surface area contributed by atoms with E-state index in [1.807, 2.05) is 6.26 Å². The number of hydrogen-bond donors (Lipinski definition) is 4. The number of phosphoric acid groups is 2. The van der Waals surface area contributed by atoms with E-state index in [1.54, 1.807) is 42.1 Å². The number of thioether (sulfide) groups is 2. The largest absolute Gasteiger partial charge is 0.481 e. The number of ether oxygens (including phenoxy) is 3. The highest BCUT2D eigenvalue weighted by Gasteiger charge is 2.55. The number of nitrogens with zero attached hydrogens (tertiary/aromatic N) is 4. The van der Waals surface area contributed by atoms with Crippen molar-refractivity contribution in [3.05, 3.63) is 42.2 Å². The van der Waals surface area contributed by atoms with Gasteiger partial charge in [0, 0.05) is 23.6 Å². The van der Waals surface area contributed by atoms with Crippen molar-refractivity contribution in [3.63, 3.8) is 0 Å². The lowest BCUT2D eigenvalue weighted by Crippen LogP contribution is -2.31. The van der Waals surface area contributed by atoms with Gasteiger partial charge in [-0.25, -0.2) is 24.1 Å². The van der Waals surface area contributed by atoms with Gasteiger partial charge in [0.15, 0.2) is 34.7 Å². The van der Waals surface area contributed by atoms with Crippen LogP contribution < -0.4 is 5.32 Å². The number of alkyl halides is 3. The highest BCUT2D eigenvalue weighted by molar-refractivity contribution is 7.99. The maximum Gasteiger partial charge on any atom is 0.481 e. The summed E-state index contributed by atoms with van der Waals surface area (Å²) in [7, 11) is -10.6. The molecule has 0 bridgehead atoms. The van der Waals surface area contributed by atoms with Crippen molar-refractivity contribution in [2.24, 2.45) is 0 Å². The normalized spacial score (nSPS) is 25.0. The molecule has 2 aliphatic heterocycles. The number of phosphoric ester groups is 1. The maximum absolute atomic E-state index is 12.8. The van der Waals surface area contributed by atoms with Gasteiger partial charge in [-0.2, -0.15) is 29.2 Å². The molecule has 1 aromatic carbocycles. The number of imidazole rings is 1. The molecule has 0 spiro atoms. The Labute approximate surface area is 262 Å². The minimum Gasteiger partial charge on any atom is -0.367 e. The molecule has 6 unspecified atom stereocenters. The first-order valence-electron chi connectivity index (χ1n) is 13.2. The van der Waals surface area contributed by atoms with E-state index in [1.165, 1.54) is 10.9 Å². The molecule has 15 nitrogen and oxygen atoms in total. The quantitative estimate of drug-likeness (QED) is 0.0799. The van der Waals surface area contributed by atoms with Crippen molar-refractivity contribution in [1.82, 2.24) is 19.5 Å². The molecular weight excluding hydrogens is 689 g/mol. The van der Waals surface area contributed by atoms with Crippen LogP contribution in [0.5, 0.6) is 0 Å². The third kappa shape index (κ3) is 8.97. The van der Waals surface area contributed by atoms with Crippen LogP contribution in [0, 0.1) is 0 Å². The van der Waals surface area contributed by atoms with E-state index in [2.05, 4.69) is 24.6 Å². The van der Waals surface area contributed by atoms with Crippen LogP contribution in [0.1, 0.15) is 24.5 Å². The number of hydrogen-bond acceptors (Lipinski definition) is 13. The Kier molecular flexibility index (Phi) is 10.8. The summed E-state index contributed by atoms with van der Waals surface area (Å²) in [6, 6.07) is 8.87. The van der Waals surface area contributed by atoms with E-state index < -0.39 is 65.7 Å². The smallest absolute Gasteiger partial charge is 0.367 e. The Hall–Kier alpha value is -1.80. The van der Waals surface area contributed by atoms with Crippen molar-refractivity contribution >= 4 is 56.2 Å². The van der Waals surface area contributed by atoms with E-state index >= 15 is 0 Å². The van der Waals surface area contributed by atoms with Crippen LogP contribution in [0.4, 0.5) is 19.0 Å². The third-order valence-corrected chi connectivity index (χ3v) is 10.0. The first-order chi connectivity index (χ1) is 21.2. The van der Waals surface area contributed by atoms with Gasteiger partial charge in [0.2, 0.25) is 0 Å². The predicted molar refractivity (Wildman–Crippen MR) is 155 cm³/mol. The number of rotatable bonds is 14. The molecular formula is C23H28F3N5O10P2S2. The van der Waals surface area contributed by atoms with E-state index in [0.717, 1.165) is 11.8 Å². The molecule has 2 aromatic heterocycles. The standard InChI is InChI=1S/C23H28F3N5O10P2S2/c1-44-10-8-27-18-15-19(30-22(29-18)45-9-7-23(24,25)26)31(12-28-15)20-17-16(39-21(40-17)13-5-3-2-4-6-13)14(38-20)11-37-43(35,36)41-42(32,33)34/h2-6,12,14,16-17,20-21H,7-11H2,1H3,(H,35,36)(H,27,29,30)(H2,32,33,34). The number of halogens is 3. The molecule has 0 saturated carbocycles. The van der Waals surface area contributed by atoms with Gasteiger partial charge in [0.05, 0.1) is 19.4 Å². The second kappa shape index (κ2) is 14.1. The number of benzene rings is 1. The molecule has 4 heterocycles. The first kappa shape index (κ1) is 34.5. The maximum atomic E-state index is 12.8. The summed E-state index contributed by atoms with van der Waals surface area (Å²) >= 11 is 2.40. The molecule has 6 atom stereocenters. The molecule has 5 rings (SSSR count). The minimum atomic E-state index is -5.37. The number of anilines is 1. The van der Waals surface area contributed by atoms with Crippen molar-refractivity contribution in [2.45, 2.75) is 48.6 Å². The summed E-state index contributed by atoms with van der Waals surface area (Å²) in [6.45, 7) is -0.206. The first-order valence-corrected chi connectivity index (χ1v) is 18.6. The lowest BCUT2D eigenvalue weighted by molar-refractivity contribution is -0.152. The Bertz CT molecular complexity index is 1570. The molecule has 3 aromatic rings. The summed E-state index contributed by atoms with van der Waals surface area (Å²) in [5.74, 6) is 0.704. The highest BCUT2D eigenvalue weighted by Crippen LogP contribution is 2.58. The van der Waals surface area contributed by atoms with Crippen LogP contribution in [0.15, 0.2) is 41.8 Å². The van der Waals surface area contributed by atoms with Crippen LogP contribution in [0.2, 0.25) is 0 Å². The van der Waals surface area contributed by atoms with Crippen LogP contribution in [0.25, 0.3) is 11.2 Å². The average molecular weight is 718 g/mol. The van der Waals surface area contributed by atoms with E-state index in [9.17, 15) is 27.2 Å². The molecule has 2 saturated heterocycles. The highest BCUT2D eigenvalue weighted by atomic mass is 32.2. The molecule has 0 radical (unpaired) electrons. The van der Waals surface area contributed by atoms with Gasteiger partial charge in [-0.3, -0.25) is 9.09 Å². The topological polar surface area (TPSA) is 197 Å². The molecule has 2 fully saturated rings. The Morgan fingerprint density at radius 3 is 2.49 bits per heavy atom. The number of nitrogens with one attached hydrogen (secondary N) is 1. The second-order valence-corrected chi connectivity index (χ2v) is 14.5. The van der Waals surface area contributed by atoms with Crippen LogP contribution >= 0.6 is 39.2 Å². The Morgan fingerprint density at radius 1 is 1.07 bits per heavy atom. The van der Waals surface area contributed by atoms with Gasteiger partial charge in [-0.1, -0.05) is 42.1 Å².